The zero-order chi connectivity index (χ0) is 17.9. The largest absolute Gasteiger partial charge is 0.497 e. The fourth-order valence-corrected chi connectivity index (χ4v) is 2.78. The van der Waals surface area contributed by atoms with E-state index in [1.165, 1.54) is 0 Å². The zero-order valence-electron chi connectivity index (χ0n) is 13.7. The van der Waals surface area contributed by atoms with Crippen molar-refractivity contribution in [1.82, 2.24) is 20.3 Å². The molecule has 0 bridgehead atoms. The predicted molar refractivity (Wildman–Crippen MR) is 96.5 cm³/mol. The molecular formula is C18H13BrN4O3. The van der Waals surface area contributed by atoms with E-state index in [2.05, 4.69) is 36.3 Å². The SMILES string of the molecule is COc1ccc(-c2nnc(Cc3nc(-c4cccc(Br)c4)no3)o2)cc1. The van der Waals surface area contributed by atoms with E-state index in [1.807, 2.05) is 48.5 Å². The van der Waals surface area contributed by atoms with Crippen LogP contribution in [0.4, 0.5) is 0 Å². The molecule has 2 heterocycles. The van der Waals surface area contributed by atoms with Gasteiger partial charge in [0.2, 0.25) is 23.5 Å². The van der Waals surface area contributed by atoms with E-state index >= 15 is 0 Å². The number of ether oxygens (including phenoxy) is 1. The molecule has 4 aromatic rings. The van der Waals surface area contributed by atoms with Gasteiger partial charge in [-0.3, -0.25) is 0 Å². The van der Waals surface area contributed by atoms with Crippen molar-refractivity contribution in [2.75, 3.05) is 7.11 Å². The van der Waals surface area contributed by atoms with Gasteiger partial charge in [0.25, 0.3) is 0 Å². The van der Waals surface area contributed by atoms with E-state index in [1.54, 1.807) is 7.11 Å². The summed E-state index contributed by atoms with van der Waals surface area (Å²) in [5, 5.41) is 12.1. The number of nitrogens with zero attached hydrogens (tertiary/aromatic N) is 4. The second kappa shape index (κ2) is 7.09. The minimum atomic E-state index is 0.268. The number of halogens is 1. The Morgan fingerprint density at radius 3 is 2.62 bits per heavy atom. The van der Waals surface area contributed by atoms with Crippen LogP contribution in [0.25, 0.3) is 22.8 Å². The lowest BCUT2D eigenvalue weighted by Gasteiger charge is -1.99. The lowest BCUT2D eigenvalue weighted by Crippen LogP contribution is -1.89. The van der Waals surface area contributed by atoms with Crippen LogP contribution in [0.1, 0.15) is 11.8 Å². The molecule has 4 rings (SSSR count). The maximum absolute atomic E-state index is 5.68. The van der Waals surface area contributed by atoms with Crippen LogP contribution in [0.3, 0.4) is 0 Å². The normalized spacial score (nSPS) is 10.8. The van der Waals surface area contributed by atoms with Crippen molar-refractivity contribution >= 4 is 15.9 Å². The van der Waals surface area contributed by atoms with Gasteiger partial charge < -0.3 is 13.7 Å². The summed E-state index contributed by atoms with van der Waals surface area (Å²) in [5.41, 5.74) is 1.67. The summed E-state index contributed by atoms with van der Waals surface area (Å²) in [4.78, 5) is 4.38. The van der Waals surface area contributed by atoms with Gasteiger partial charge in [-0.2, -0.15) is 4.98 Å². The van der Waals surface area contributed by atoms with E-state index in [0.717, 1.165) is 21.3 Å². The number of hydrogen-bond donors (Lipinski definition) is 0. The van der Waals surface area contributed by atoms with Crippen molar-refractivity contribution in [2.24, 2.45) is 0 Å². The lowest BCUT2D eigenvalue weighted by atomic mass is 10.2. The van der Waals surface area contributed by atoms with Gasteiger partial charge >= 0.3 is 0 Å². The van der Waals surface area contributed by atoms with E-state index in [4.69, 9.17) is 13.7 Å². The minimum Gasteiger partial charge on any atom is -0.497 e. The maximum atomic E-state index is 5.68. The van der Waals surface area contributed by atoms with Gasteiger partial charge in [-0.25, -0.2) is 0 Å². The third kappa shape index (κ3) is 3.50. The van der Waals surface area contributed by atoms with Crippen LogP contribution in [0, 0.1) is 0 Å². The molecule has 7 nitrogen and oxygen atoms in total. The molecule has 0 unspecified atom stereocenters. The van der Waals surface area contributed by atoms with Crippen LogP contribution in [0.5, 0.6) is 5.75 Å². The Labute approximate surface area is 157 Å². The summed E-state index contributed by atoms with van der Waals surface area (Å²) in [6.07, 6.45) is 0.268. The van der Waals surface area contributed by atoms with Gasteiger partial charge in [-0.05, 0) is 36.4 Å². The first kappa shape index (κ1) is 16.5. The first-order valence-electron chi connectivity index (χ1n) is 7.76. The molecule has 0 amide bonds. The van der Waals surface area contributed by atoms with E-state index in [-0.39, 0.29) is 6.42 Å². The molecule has 130 valence electrons. The van der Waals surface area contributed by atoms with Gasteiger partial charge in [0, 0.05) is 15.6 Å². The average Bonchev–Trinajstić information content (AvgIpc) is 3.32. The Morgan fingerprint density at radius 2 is 1.85 bits per heavy atom. The highest BCUT2D eigenvalue weighted by Gasteiger charge is 2.14. The molecule has 0 saturated heterocycles. The van der Waals surface area contributed by atoms with Crippen molar-refractivity contribution in [3.8, 4) is 28.6 Å². The zero-order valence-corrected chi connectivity index (χ0v) is 15.3. The highest BCUT2D eigenvalue weighted by atomic mass is 79.9. The average molecular weight is 413 g/mol. The Hall–Kier alpha value is -3.00. The van der Waals surface area contributed by atoms with E-state index in [9.17, 15) is 0 Å². The van der Waals surface area contributed by atoms with Crippen LogP contribution in [0.2, 0.25) is 0 Å². The predicted octanol–water partition coefficient (Wildman–Crippen LogP) is 4.15. The standard InChI is InChI=1S/C18H13BrN4O3/c1-24-14-7-5-11(6-8-14)18-22-21-16(25-18)10-15-20-17(23-26-15)12-3-2-4-13(19)9-12/h2-9H,10H2,1H3. The third-order valence-corrected chi connectivity index (χ3v) is 4.15. The smallest absolute Gasteiger partial charge is 0.247 e. The first-order chi connectivity index (χ1) is 12.7. The van der Waals surface area contributed by atoms with Crippen molar-refractivity contribution in [3.63, 3.8) is 0 Å². The van der Waals surface area contributed by atoms with Gasteiger partial charge in [0.05, 0.1) is 7.11 Å². The van der Waals surface area contributed by atoms with Gasteiger partial charge in [-0.1, -0.05) is 33.2 Å². The van der Waals surface area contributed by atoms with Crippen LogP contribution in [0.15, 0.2) is 61.9 Å². The lowest BCUT2D eigenvalue weighted by molar-refractivity contribution is 0.374. The highest BCUT2D eigenvalue weighted by molar-refractivity contribution is 9.10. The fraction of sp³-hybridized carbons (Fsp3) is 0.111. The Kier molecular flexibility index (Phi) is 4.49. The van der Waals surface area contributed by atoms with E-state index in [0.29, 0.717) is 23.5 Å². The summed E-state index contributed by atoms with van der Waals surface area (Å²) in [6, 6.07) is 15.1. The first-order valence-corrected chi connectivity index (χ1v) is 8.56. The van der Waals surface area contributed by atoms with Gasteiger partial charge in [-0.15, -0.1) is 10.2 Å². The molecule has 0 N–H and O–H groups in total. The number of rotatable bonds is 5. The topological polar surface area (TPSA) is 87.1 Å². The molecule has 0 spiro atoms. The summed E-state index contributed by atoms with van der Waals surface area (Å²) in [5.74, 6) is 2.51. The summed E-state index contributed by atoms with van der Waals surface area (Å²) in [6.45, 7) is 0. The van der Waals surface area contributed by atoms with Crippen molar-refractivity contribution < 1.29 is 13.7 Å². The highest BCUT2D eigenvalue weighted by Crippen LogP contribution is 2.23. The van der Waals surface area contributed by atoms with Gasteiger partial charge in [0.15, 0.2) is 0 Å². The molecule has 2 aromatic carbocycles. The fourth-order valence-electron chi connectivity index (χ4n) is 2.38. The number of methoxy groups -OCH3 is 1. The molecule has 0 aliphatic carbocycles. The molecule has 0 saturated carbocycles. The van der Waals surface area contributed by atoms with Crippen molar-refractivity contribution in [1.29, 1.82) is 0 Å². The minimum absolute atomic E-state index is 0.268. The van der Waals surface area contributed by atoms with Crippen molar-refractivity contribution in [2.45, 2.75) is 6.42 Å². The summed E-state index contributed by atoms with van der Waals surface area (Å²) in [7, 11) is 1.62. The third-order valence-electron chi connectivity index (χ3n) is 3.66. The van der Waals surface area contributed by atoms with Crippen LogP contribution < -0.4 is 4.74 Å². The Balaban J connectivity index is 1.51. The molecule has 0 aliphatic rings. The number of aromatic nitrogens is 4. The molecule has 0 atom stereocenters. The maximum Gasteiger partial charge on any atom is 0.247 e. The second-order valence-electron chi connectivity index (χ2n) is 5.43. The summed E-state index contributed by atoms with van der Waals surface area (Å²) < 4.78 is 17.1. The molecule has 0 aliphatic heterocycles. The molecule has 2 aromatic heterocycles. The molecule has 8 heteroatoms. The Morgan fingerprint density at radius 1 is 1.00 bits per heavy atom. The molecule has 0 radical (unpaired) electrons. The van der Waals surface area contributed by atoms with Crippen LogP contribution >= 0.6 is 15.9 Å². The number of benzene rings is 2. The molecular weight excluding hydrogens is 400 g/mol. The van der Waals surface area contributed by atoms with Crippen molar-refractivity contribution in [3.05, 3.63) is 64.8 Å². The second-order valence-corrected chi connectivity index (χ2v) is 6.34. The monoisotopic (exact) mass is 412 g/mol. The van der Waals surface area contributed by atoms with E-state index < -0.39 is 0 Å². The Bertz CT molecular complexity index is 1030. The number of hydrogen-bond acceptors (Lipinski definition) is 7. The van der Waals surface area contributed by atoms with Crippen LogP contribution in [-0.4, -0.2) is 27.4 Å². The molecule has 0 fully saturated rings. The summed E-state index contributed by atoms with van der Waals surface area (Å²) >= 11 is 3.43. The molecule has 26 heavy (non-hydrogen) atoms. The quantitative estimate of drug-likeness (QED) is 0.486. The van der Waals surface area contributed by atoms with Crippen LogP contribution in [-0.2, 0) is 6.42 Å². The van der Waals surface area contributed by atoms with Gasteiger partial charge in [0.1, 0.15) is 12.2 Å².